The lowest BCUT2D eigenvalue weighted by molar-refractivity contribution is 0.0489. The van der Waals surface area contributed by atoms with Gasteiger partial charge in [-0.15, -0.1) is 0 Å². The van der Waals surface area contributed by atoms with Crippen molar-refractivity contribution in [1.29, 1.82) is 0 Å². The summed E-state index contributed by atoms with van der Waals surface area (Å²) in [5, 5.41) is 0. The van der Waals surface area contributed by atoms with Gasteiger partial charge >= 0.3 is 5.97 Å². The van der Waals surface area contributed by atoms with Crippen LogP contribution < -0.4 is 0 Å². The van der Waals surface area contributed by atoms with Gasteiger partial charge in [-0.25, -0.2) is 9.18 Å². The fourth-order valence-electron chi connectivity index (χ4n) is 1.52. The lowest BCUT2D eigenvalue weighted by Crippen LogP contribution is -2.09. The first kappa shape index (κ1) is 13.7. The van der Waals surface area contributed by atoms with E-state index in [9.17, 15) is 9.18 Å². The molecule has 94 valence electrons. The Bertz CT molecular complexity index is 386. The molecule has 0 aliphatic carbocycles. The van der Waals surface area contributed by atoms with E-state index in [4.69, 9.17) is 4.74 Å². The van der Waals surface area contributed by atoms with Gasteiger partial charge in [0.15, 0.2) is 0 Å². The highest BCUT2D eigenvalue weighted by Gasteiger charge is 2.12. The Hall–Kier alpha value is -1.38. The number of aryl methyl sites for hydroxylation is 1. The molecular formula is C14H19FO2. The summed E-state index contributed by atoms with van der Waals surface area (Å²) in [5.74, 6) is -0.505. The predicted molar refractivity (Wildman–Crippen MR) is 65.5 cm³/mol. The molecule has 0 amide bonds. The summed E-state index contributed by atoms with van der Waals surface area (Å²) in [7, 11) is 0. The zero-order valence-corrected chi connectivity index (χ0v) is 10.6. The molecule has 0 saturated carbocycles. The van der Waals surface area contributed by atoms with E-state index >= 15 is 0 Å². The molecular weight excluding hydrogens is 219 g/mol. The average molecular weight is 238 g/mol. The highest BCUT2D eigenvalue weighted by Crippen LogP contribution is 2.12. The van der Waals surface area contributed by atoms with Crippen LogP contribution in [0.25, 0.3) is 0 Å². The Morgan fingerprint density at radius 1 is 1.41 bits per heavy atom. The van der Waals surface area contributed by atoms with Crippen molar-refractivity contribution in [3.05, 3.63) is 35.1 Å². The van der Waals surface area contributed by atoms with Gasteiger partial charge in [-0.1, -0.05) is 19.9 Å². The molecule has 2 nitrogen and oxygen atoms in total. The van der Waals surface area contributed by atoms with Gasteiger partial charge < -0.3 is 4.74 Å². The Morgan fingerprint density at radius 2 is 2.12 bits per heavy atom. The highest BCUT2D eigenvalue weighted by atomic mass is 19.1. The Labute approximate surface area is 102 Å². The van der Waals surface area contributed by atoms with Crippen molar-refractivity contribution in [2.24, 2.45) is 5.92 Å². The first-order chi connectivity index (χ1) is 8.00. The van der Waals surface area contributed by atoms with Gasteiger partial charge in [0.1, 0.15) is 5.82 Å². The van der Waals surface area contributed by atoms with E-state index < -0.39 is 11.8 Å². The van der Waals surface area contributed by atoms with Crippen LogP contribution in [0, 0.1) is 18.7 Å². The van der Waals surface area contributed by atoms with Crippen molar-refractivity contribution in [2.45, 2.75) is 33.6 Å². The molecule has 0 aliphatic rings. The van der Waals surface area contributed by atoms with Gasteiger partial charge in [-0.3, -0.25) is 0 Å². The fraction of sp³-hybridized carbons (Fsp3) is 0.500. The fourth-order valence-corrected chi connectivity index (χ4v) is 1.52. The minimum absolute atomic E-state index is 0.0140. The first-order valence-corrected chi connectivity index (χ1v) is 5.94. The zero-order chi connectivity index (χ0) is 12.8. The van der Waals surface area contributed by atoms with Gasteiger partial charge in [0.2, 0.25) is 0 Å². The molecule has 17 heavy (non-hydrogen) atoms. The third kappa shape index (κ3) is 4.55. The lowest BCUT2D eigenvalue weighted by atomic mass is 10.1. The summed E-state index contributed by atoms with van der Waals surface area (Å²) in [6.07, 6.45) is 1.82. The number of carbonyl (C=O) groups excluding carboxylic acids is 1. The minimum atomic E-state index is -0.578. The maximum Gasteiger partial charge on any atom is 0.341 e. The van der Waals surface area contributed by atoms with Crippen LogP contribution in [0.15, 0.2) is 18.2 Å². The summed E-state index contributed by atoms with van der Waals surface area (Å²) in [6, 6.07) is 4.51. The van der Waals surface area contributed by atoms with Crippen LogP contribution >= 0.6 is 0 Å². The molecule has 0 heterocycles. The number of halogens is 1. The van der Waals surface area contributed by atoms with Crippen LogP contribution in [0.1, 0.15) is 42.6 Å². The second kappa shape index (κ2) is 6.38. The van der Waals surface area contributed by atoms with Crippen molar-refractivity contribution in [3.63, 3.8) is 0 Å². The number of hydrogen-bond acceptors (Lipinski definition) is 2. The quantitative estimate of drug-likeness (QED) is 0.577. The molecule has 1 aromatic carbocycles. The molecule has 0 fully saturated rings. The van der Waals surface area contributed by atoms with Crippen LogP contribution in [-0.4, -0.2) is 12.6 Å². The summed E-state index contributed by atoms with van der Waals surface area (Å²) in [5.41, 5.74) is 0.805. The van der Waals surface area contributed by atoms with E-state index in [1.165, 1.54) is 12.1 Å². The monoisotopic (exact) mass is 238 g/mol. The van der Waals surface area contributed by atoms with Crippen LogP contribution in [0.3, 0.4) is 0 Å². The smallest absolute Gasteiger partial charge is 0.341 e. The molecule has 0 N–H and O–H groups in total. The molecule has 3 heteroatoms. The molecule has 0 radical (unpaired) electrons. The molecule has 1 rings (SSSR count). The number of rotatable bonds is 5. The SMILES string of the molecule is Cc1ccc(C(=O)OCCCC(C)C)c(F)c1. The third-order valence-corrected chi connectivity index (χ3v) is 2.50. The van der Waals surface area contributed by atoms with E-state index in [1.807, 2.05) is 0 Å². The molecule has 0 aromatic heterocycles. The van der Waals surface area contributed by atoms with Gasteiger partial charge in [0, 0.05) is 0 Å². The highest BCUT2D eigenvalue weighted by molar-refractivity contribution is 5.89. The second-order valence-corrected chi connectivity index (χ2v) is 4.66. The van der Waals surface area contributed by atoms with Gasteiger partial charge in [-0.05, 0) is 43.4 Å². The topological polar surface area (TPSA) is 26.3 Å². The average Bonchev–Trinajstić information content (AvgIpc) is 2.23. The van der Waals surface area contributed by atoms with Crippen molar-refractivity contribution in [3.8, 4) is 0 Å². The van der Waals surface area contributed by atoms with Crippen LogP contribution in [0.2, 0.25) is 0 Å². The van der Waals surface area contributed by atoms with Crippen molar-refractivity contribution in [2.75, 3.05) is 6.61 Å². The third-order valence-electron chi connectivity index (χ3n) is 2.50. The largest absolute Gasteiger partial charge is 0.462 e. The maximum atomic E-state index is 13.4. The maximum absolute atomic E-state index is 13.4. The molecule has 1 aromatic rings. The van der Waals surface area contributed by atoms with E-state index in [1.54, 1.807) is 13.0 Å². The summed E-state index contributed by atoms with van der Waals surface area (Å²) >= 11 is 0. The normalized spacial score (nSPS) is 10.6. The molecule has 0 aliphatic heterocycles. The number of carbonyl (C=O) groups is 1. The van der Waals surface area contributed by atoms with Crippen LogP contribution in [0.4, 0.5) is 4.39 Å². The zero-order valence-electron chi connectivity index (χ0n) is 10.6. The molecule has 0 atom stereocenters. The Kier molecular flexibility index (Phi) is 5.13. The Morgan fingerprint density at radius 3 is 2.71 bits per heavy atom. The van der Waals surface area contributed by atoms with Gasteiger partial charge in [0.05, 0.1) is 12.2 Å². The van der Waals surface area contributed by atoms with E-state index in [0.29, 0.717) is 12.5 Å². The number of benzene rings is 1. The van der Waals surface area contributed by atoms with Crippen molar-refractivity contribution < 1.29 is 13.9 Å². The summed E-state index contributed by atoms with van der Waals surface area (Å²) < 4.78 is 18.5. The molecule has 0 spiro atoms. The first-order valence-electron chi connectivity index (χ1n) is 5.94. The predicted octanol–water partition coefficient (Wildman–Crippen LogP) is 3.73. The summed E-state index contributed by atoms with van der Waals surface area (Å²) in [4.78, 5) is 11.6. The summed E-state index contributed by atoms with van der Waals surface area (Å²) in [6.45, 7) is 6.36. The van der Waals surface area contributed by atoms with Gasteiger partial charge in [-0.2, -0.15) is 0 Å². The van der Waals surface area contributed by atoms with Crippen molar-refractivity contribution in [1.82, 2.24) is 0 Å². The van der Waals surface area contributed by atoms with Gasteiger partial charge in [0.25, 0.3) is 0 Å². The molecule has 0 unspecified atom stereocenters. The Balaban J connectivity index is 2.47. The van der Waals surface area contributed by atoms with E-state index in [-0.39, 0.29) is 5.56 Å². The van der Waals surface area contributed by atoms with E-state index in [0.717, 1.165) is 18.4 Å². The van der Waals surface area contributed by atoms with E-state index in [2.05, 4.69) is 13.8 Å². The molecule has 0 saturated heterocycles. The van der Waals surface area contributed by atoms with Crippen LogP contribution in [-0.2, 0) is 4.74 Å². The minimum Gasteiger partial charge on any atom is -0.462 e. The lowest BCUT2D eigenvalue weighted by Gasteiger charge is -2.07. The number of hydrogen-bond donors (Lipinski definition) is 0. The second-order valence-electron chi connectivity index (χ2n) is 4.66. The van der Waals surface area contributed by atoms with Crippen LogP contribution in [0.5, 0.6) is 0 Å². The molecule has 0 bridgehead atoms. The van der Waals surface area contributed by atoms with Crippen molar-refractivity contribution >= 4 is 5.97 Å². The number of esters is 1. The number of ether oxygens (including phenoxy) is 1. The standard InChI is InChI=1S/C14H19FO2/c1-10(2)5-4-8-17-14(16)12-7-6-11(3)9-13(12)15/h6-7,9-10H,4-5,8H2,1-3H3.